The van der Waals surface area contributed by atoms with Crippen molar-refractivity contribution in [3.05, 3.63) is 27.5 Å². The first-order valence-corrected chi connectivity index (χ1v) is 5.60. The van der Waals surface area contributed by atoms with E-state index in [1.165, 1.54) is 19.9 Å². The fourth-order valence-electron chi connectivity index (χ4n) is 1.88. The lowest BCUT2D eigenvalue weighted by Crippen LogP contribution is -2.19. The molecule has 1 aromatic heterocycles. The summed E-state index contributed by atoms with van der Waals surface area (Å²) in [6.07, 6.45) is 0. The third-order valence-electron chi connectivity index (χ3n) is 2.50. The zero-order chi connectivity index (χ0) is 14.2. The Bertz CT molecular complexity index is 644. The van der Waals surface area contributed by atoms with Crippen molar-refractivity contribution in [3.8, 4) is 5.88 Å². The van der Waals surface area contributed by atoms with E-state index >= 15 is 0 Å². The van der Waals surface area contributed by atoms with Crippen LogP contribution in [-0.4, -0.2) is 22.8 Å². The van der Waals surface area contributed by atoms with E-state index in [9.17, 15) is 14.4 Å². The van der Waals surface area contributed by atoms with E-state index in [0.717, 1.165) is 0 Å². The topological polar surface area (TPSA) is 97.8 Å². The van der Waals surface area contributed by atoms with Gasteiger partial charge in [0.1, 0.15) is 0 Å². The highest BCUT2D eigenvalue weighted by Crippen LogP contribution is 2.28. The van der Waals surface area contributed by atoms with Gasteiger partial charge in [-0.2, -0.15) is 0 Å². The Labute approximate surface area is 108 Å². The second-order valence-electron chi connectivity index (χ2n) is 4.09. The summed E-state index contributed by atoms with van der Waals surface area (Å²) in [4.78, 5) is 40.3. The number of nitrogens with one attached hydrogen (secondary N) is 1. The maximum absolute atomic E-state index is 11.9. The monoisotopic (exact) mass is 264 g/mol. The molecule has 0 saturated heterocycles. The van der Waals surface area contributed by atoms with Gasteiger partial charge in [-0.15, -0.1) is 0 Å². The first-order chi connectivity index (χ1) is 8.88. The highest BCUT2D eigenvalue weighted by molar-refractivity contribution is 6.03. The van der Waals surface area contributed by atoms with Gasteiger partial charge in [0.15, 0.2) is 0 Å². The van der Waals surface area contributed by atoms with Crippen LogP contribution in [0.5, 0.6) is 5.88 Å². The highest BCUT2D eigenvalue weighted by Gasteiger charge is 2.28. The number of nitrogens with zero attached hydrogens (tertiary/aromatic N) is 1. The molecular formula is C12H12N2O5. The number of rotatable bonds is 1. The van der Waals surface area contributed by atoms with Crippen molar-refractivity contribution in [2.24, 2.45) is 4.99 Å². The van der Waals surface area contributed by atoms with Crippen molar-refractivity contribution >= 4 is 17.8 Å². The first-order valence-electron chi connectivity index (χ1n) is 5.60. The number of aromatic nitrogens is 1. The van der Waals surface area contributed by atoms with E-state index in [1.807, 2.05) is 0 Å². The van der Waals surface area contributed by atoms with Gasteiger partial charge in [0, 0.05) is 19.9 Å². The normalized spacial score (nSPS) is 16.6. The molecule has 1 aromatic rings. The van der Waals surface area contributed by atoms with Gasteiger partial charge in [-0.1, -0.05) is 0 Å². The standard InChI is InChI=1S/C12H12N2O5/c1-5-10-8(12(13-5)19-7(3)16)4-9(14-11(10)17)18-6(2)15/h4-5H,1-3H3,(H,14,17). The number of carbonyl (C=O) groups is 2. The molecule has 7 nitrogen and oxygen atoms in total. The van der Waals surface area contributed by atoms with Crippen LogP contribution >= 0.6 is 0 Å². The number of aromatic amines is 1. The lowest BCUT2D eigenvalue weighted by molar-refractivity contribution is -0.133. The Balaban J connectivity index is 2.49. The van der Waals surface area contributed by atoms with E-state index in [4.69, 9.17) is 9.47 Å². The number of fused-ring (bicyclic) bond motifs is 1. The van der Waals surface area contributed by atoms with Crippen LogP contribution in [0.3, 0.4) is 0 Å². The predicted molar refractivity (Wildman–Crippen MR) is 65.1 cm³/mol. The summed E-state index contributed by atoms with van der Waals surface area (Å²) >= 11 is 0. The van der Waals surface area contributed by atoms with Crippen LogP contribution in [0.25, 0.3) is 0 Å². The third kappa shape index (κ3) is 2.54. The van der Waals surface area contributed by atoms with E-state index < -0.39 is 23.5 Å². The Kier molecular flexibility index (Phi) is 3.20. The van der Waals surface area contributed by atoms with Gasteiger partial charge in [-0.25, -0.2) is 4.99 Å². The quantitative estimate of drug-likeness (QED) is 0.752. The summed E-state index contributed by atoms with van der Waals surface area (Å²) in [7, 11) is 0. The van der Waals surface area contributed by atoms with Crippen LogP contribution in [0.2, 0.25) is 0 Å². The van der Waals surface area contributed by atoms with Gasteiger partial charge in [-0.3, -0.25) is 19.4 Å². The first kappa shape index (κ1) is 13.0. The Hall–Kier alpha value is -2.44. The van der Waals surface area contributed by atoms with Crippen molar-refractivity contribution in [3.63, 3.8) is 0 Å². The Morgan fingerprint density at radius 3 is 2.47 bits per heavy atom. The number of hydrogen-bond donors (Lipinski definition) is 1. The number of ether oxygens (including phenoxy) is 2. The second-order valence-corrected chi connectivity index (χ2v) is 4.09. The van der Waals surface area contributed by atoms with E-state index in [-0.39, 0.29) is 11.8 Å². The molecule has 1 unspecified atom stereocenters. The smallest absolute Gasteiger partial charge is 0.309 e. The molecule has 0 aromatic carbocycles. The molecule has 0 fully saturated rings. The molecule has 0 radical (unpaired) electrons. The van der Waals surface area contributed by atoms with E-state index in [2.05, 4.69) is 9.98 Å². The summed E-state index contributed by atoms with van der Waals surface area (Å²) in [5, 5.41) is 0. The van der Waals surface area contributed by atoms with Crippen molar-refractivity contribution in [1.29, 1.82) is 0 Å². The molecule has 0 aliphatic carbocycles. The fraction of sp³-hybridized carbons (Fsp3) is 0.333. The summed E-state index contributed by atoms with van der Waals surface area (Å²) in [6, 6.07) is 1.00. The van der Waals surface area contributed by atoms with Crippen molar-refractivity contribution in [2.45, 2.75) is 26.8 Å². The molecule has 0 spiro atoms. The molecule has 1 N–H and O–H groups in total. The van der Waals surface area contributed by atoms with Gasteiger partial charge in [0.25, 0.3) is 5.56 Å². The van der Waals surface area contributed by atoms with E-state index in [0.29, 0.717) is 11.1 Å². The second kappa shape index (κ2) is 4.68. The average molecular weight is 264 g/mol. The van der Waals surface area contributed by atoms with Crippen LogP contribution in [0.15, 0.2) is 15.9 Å². The Morgan fingerprint density at radius 1 is 1.26 bits per heavy atom. The summed E-state index contributed by atoms with van der Waals surface area (Å²) in [5.41, 5.74) is 0.321. The zero-order valence-corrected chi connectivity index (χ0v) is 10.6. The maximum Gasteiger partial charge on any atom is 0.309 e. The Morgan fingerprint density at radius 2 is 1.89 bits per heavy atom. The van der Waals surface area contributed by atoms with Gasteiger partial charge in [0.2, 0.25) is 11.8 Å². The number of esters is 2. The molecule has 0 saturated carbocycles. The van der Waals surface area contributed by atoms with Crippen molar-refractivity contribution in [2.75, 3.05) is 0 Å². The minimum absolute atomic E-state index is 0.00907. The van der Waals surface area contributed by atoms with E-state index in [1.54, 1.807) is 6.92 Å². The van der Waals surface area contributed by atoms with Crippen LogP contribution < -0.4 is 10.3 Å². The third-order valence-corrected chi connectivity index (χ3v) is 2.50. The lowest BCUT2D eigenvalue weighted by Gasteiger charge is -2.06. The molecule has 7 heteroatoms. The molecule has 0 amide bonds. The van der Waals surface area contributed by atoms with Crippen LogP contribution in [0, 0.1) is 0 Å². The largest absolute Gasteiger partial charge is 0.410 e. The minimum Gasteiger partial charge on any atom is -0.410 e. The molecule has 2 heterocycles. The average Bonchev–Trinajstić information content (AvgIpc) is 2.53. The van der Waals surface area contributed by atoms with Crippen LogP contribution in [0.4, 0.5) is 0 Å². The minimum atomic E-state index is -0.562. The number of H-pyrrole nitrogens is 1. The van der Waals surface area contributed by atoms with Crippen LogP contribution in [-0.2, 0) is 14.3 Å². The number of carbonyl (C=O) groups excluding carboxylic acids is 2. The van der Waals surface area contributed by atoms with Crippen molar-refractivity contribution < 1.29 is 19.1 Å². The summed E-state index contributed by atoms with van der Waals surface area (Å²) in [6.45, 7) is 4.16. The van der Waals surface area contributed by atoms with Gasteiger partial charge < -0.3 is 9.47 Å². The van der Waals surface area contributed by atoms with Gasteiger partial charge in [0.05, 0.1) is 17.2 Å². The molecule has 0 bridgehead atoms. The maximum atomic E-state index is 11.9. The predicted octanol–water partition coefficient (Wildman–Crippen LogP) is 0.684. The molecular weight excluding hydrogens is 252 g/mol. The SMILES string of the molecule is CC(=O)OC1=NC(C)c2c1cc(OC(C)=O)[nH]c2=O. The molecule has 2 rings (SSSR count). The summed E-state index contributed by atoms with van der Waals surface area (Å²) in [5.74, 6) is -1.04. The highest BCUT2D eigenvalue weighted by atomic mass is 16.5. The number of aliphatic imine (C=N–C) groups is 1. The van der Waals surface area contributed by atoms with Crippen molar-refractivity contribution in [1.82, 2.24) is 4.98 Å². The lowest BCUT2D eigenvalue weighted by atomic mass is 10.1. The molecule has 1 aliphatic rings. The number of hydrogen-bond acceptors (Lipinski definition) is 6. The molecule has 19 heavy (non-hydrogen) atoms. The molecule has 100 valence electrons. The van der Waals surface area contributed by atoms with Crippen LogP contribution in [0.1, 0.15) is 37.9 Å². The molecule has 1 aliphatic heterocycles. The van der Waals surface area contributed by atoms with Gasteiger partial charge in [-0.05, 0) is 6.92 Å². The molecule has 1 atom stereocenters. The van der Waals surface area contributed by atoms with Gasteiger partial charge >= 0.3 is 11.9 Å². The fourth-order valence-corrected chi connectivity index (χ4v) is 1.88. The number of pyridine rings is 1. The zero-order valence-electron chi connectivity index (χ0n) is 10.6. The summed E-state index contributed by atoms with van der Waals surface area (Å²) < 4.78 is 9.76.